The van der Waals surface area contributed by atoms with E-state index in [-0.39, 0.29) is 43.0 Å². The van der Waals surface area contributed by atoms with Crippen LogP contribution in [-0.4, -0.2) is 47.7 Å². The number of benzene rings is 5. The minimum absolute atomic E-state index is 0.0457. The Balaban J connectivity index is 1.01. The summed E-state index contributed by atoms with van der Waals surface area (Å²) in [4.78, 5) is 51.8. The first-order valence-corrected chi connectivity index (χ1v) is 18.2. The van der Waals surface area contributed by atoms with Crippen molar-refractivity contribution in [1.29, 1.82) is 5.26 Å². The minimum atomic E-state index is -1.04. The normalized spacial score (nSPS) is 14.9. The number of nitrogens with zero attached hydrogens (tertiary/aromatic N) is 2. The van der Waals surface area contributed by atoms with Crippen molar-refractivity contribution in [1.82, 2.24) is 15.5 Å². The molecule has 11 nitrogen and oxygen atoms in total. The van der Waals surface area contributed by atoms with E-state index >= 15 is 0 Å². The number of hydrogen-bond donors (Lipinski definition) is 3. The molecule has 3 N–H and O–H groups in total. The highest BCUT2D eigenvalue weighted by Gasteiger charge is 2.45. The van der Waals surface area contributed by atoms with Gasteiger partial charge in [-0.05, 0) is 72.0 Å². The molecule has 5 aromatic rings. The van der Waals surface area contributed by atoms with Gasteiger partial charge in [0.25, 0.3) is 11.8 Å². The van der Waals surface area contributed by atoms with Gasteiger partial charge in [0.1, 0.15) is 36.6 Å². The molecule has 56 heavy (non-hydrogen) atoms. The van der Waals surface area contributed by atoms with E-state index in [2.05, 4.69) is 22.0 Å². The lowest BCUT2D eigenvalue weighted by atomic mass is 9.96. The number of halogens is 1. The molecule has 282 valence electrons. The quantitative estimate of drug-likeness (QED) is 0.0862. The molecule has 0 bridgehead atoms. The zero-order valence-electron chi connectivity index (χ0n) is 30.6. The summed E-state index contributed by atoms with van der Waals surface area (Å²) in [6.07, 6.45) is 0.128. The molecule has 7 rings (SSSR count). The Labute approximate surface area is 323 Å². The summed E-state index contributed by atoms with van der Waals surface area (Å²) >= 11 is 0. The van der Waals surface area contributed by atoms with Crippen molar-refractivity contribution in [3.63, 3.8) is 0 Å². The van der Waals surface area contributed by atoms with Gasteiger partial charge in [-0.15, -0.1) is 0 Å². The molecule has 2 aliphatic heterocycles. The number of amides is 4. The third kappa shape index (κ3) is 7.99. The van der Waals surface area contributed by atoms with Crippen LogP contribution in [-0.2, 0) is 29.3 Å². The number of nitrogens with one attached hydrogen (secondary N) is 3. The molecule has 0 aliphatic carbocycles. The first-order chi connectivity index (χ1) is 27.2. The molecule has 12 heteroatoms. The Morgan fingerprint density at radius 1 is 0.821 bits per heavy atom. The van der Waals surface area contributed by atoms with Crippen molar-refractivity contribution in [2.24, 2.45) is 0 Å². The molecule has 0 spiro atoms. The van der Waals surface area contributed by atoms with Gasteiger partial charge in [-0.3, -0.25) is 29.4 Å². The summed E-state index contributed by atoms with van der Waals surface area (Å²) in [7, 11) is 0. The Morgan fingerprint density at radius 2 is 1.61 bits per heavy atom. The monoisotopic (exact) mass is 751 g/mol. The van der Waals surface area contributed by atoms with Crippen molar-refractivity contribution in [3.05, 3.63) is 148 Å². The number of fused-ring (bicyclic) bond motifs is 1. The Morgan fingerprint density at radius 3 is 2.43 bits per heavy atom. The molecule has 0 radical (unpaired) electrons. The van der Waals surface area contributed by atoms with E-state index in [1.54, 1.807) is 42.5 Å². The second-order valence-corrected chi connectivity index (χ2v) is 13.5. The number of anilines is 1. The topological polar surface area (TPSA) is 150 Å². The molecule has 1 saturated heterocycles. The van der Waals surface area contributed by atoms with E-state index in [1.165, 1.54) is 6.07 Å². The molecule has 5 aromatic carbocycles. The van der Waals surface area contributed by atoms with Crippen LogP contribution in [0.3, 0.4) is 0 Å². The average molecular weight is 752 g/mol. The highest BCUT2D eigenvalue weighted by atomic mass is 19.1. The maximum Gasteiger partial charge on any atom is 0.264 e. The van der Waals surface area contributed by atoms with Gasteiger partial charge in [0.15, 0.2) is 0 Å². The fourth-order valence-corrected chi connectivity index (χ4v) is 6.94. The number of rotatable bonds is 14. The molecule has 1 fully saturated rings. The van der Waals surface area contributed by atoms with E-state index in [9.17, 15) is 28.8 Å². The standard InChI is InChI=1S/C44H38FN5O6/c1-27-31(9-5-11-33(27)34-10-2-3-13-36(34)45)26-55-32-16-15-30(39(22-32)56-25-29-8-4-7-28(21-29)23-46)24-47-19-20-48-37-14-6-12-35-41(37)44(54)50(43(35)53)38-17-18-40(51)49-42(38)52/h2-16,21-22,38,47-48H,17-20,24-26H2,1H3,(H,49,51,52). The lowest BCUT2D eigenvalue weighted by Crippen LogP contribution is -2.54. The predicted octanol–water partition coefficient (Wildman–Crippen LogP) is 6.43. The fraction of sp³-hybridized carbons (Fsp3) is 0.205. The molecule has 0 saturated carbocycles. The Hall–Kier alpha value is -6.84. The number of carbonyl (C=O) groups excluding carboxylic acids is 4. The molecule has 1 atom stereocenters. The van der Waals surface area contributed by atoms with E-state index in [0.717, 1.165) is 32.7 Å². The summed E-state index contributed by atoms with van der Waals surface area (Å²) < 4.78 is 27.2. The molecular formula is C44H38FN5O6. The minimum Gasteiger partial charge on any atom is -0.489 e. The highest BCUT2D eigenvalue weighted by Crippen LogP contribution is 2.33. The molecule has 1 unspecified atom stereocenters. The summed E-state index contributed by atoms with van der Waals surface area (Å²) in [5.74, 6) is -1.35. The largest absolute Gasteiger partial charge is 0.489 e. The first kappa shape index (κ1) is 37.5. The van der Waals surface area contributed by atoms with Crippen LogP contribution in [0.1, 0.15) is 61.4 Å². The van der Waals surface area contributed by atoms with Crippen LogP contribution in [0.4, 0.5) is 10.1 Å². The lowest BCUT2D eigenvalue weighted by molar-refractivity contribution is -0.136. The van der Waals surface area contributed by atoms with Crippen molar-refractivity contribution in [2.75, 3.05) is 18.4 Å². The molecule has 0 aromatic heterocycles. The van der Waals surface area contributed by atoms with Crippen LogP contribution < -0.4 is 25.4 Å². The van der Waals surface area contributed by atoms with Gasteiger partial charge < -0.3 is 20.1 Å². The Kier molecular flexibility index (Phi) is 11.2. The van der Waals surface area contributed by atoms with Gasteiger partial charge in [0.05, 0.1) is 22.8 Å². The second-order valence-electron chi connectivity index (χ2n) is 13.5. The van der Waals surface area contributed by atoms with Crippen LogP contribution in [0.5, 0.6) is 11.5 Å². The molecule has 4 amide bonds. The number of imide groups is 2. The SMILES string of the molecule is Cc1c(COc2ccc(CNCCNc3cccc4c3C(=O)N(C3CCC(=O)NC3=O)C4=O)c(OCc3cccc(C#N)c3)c2)cccc1-c1ccccc1F. The zero-order valence-corrected chi connectivity index (χ0v) is 30.6. The summed E-state index contributed by atoms with van der Waals surface area (Å²) in [5, 5.41) is 18.2. The van der Waals surface area contributed by atoms with Gasteiger partial charge in [0.2, 0.25) is 11.8 Å². The third-order valence-electron chi connectivity index (χ3n) is 9.89. The maximum absolute atomic E-state index is 14.6. The van der Waals surface area contributed by atoms with Crippen LogP contribution in [0.2, 0.25) is 0 Å². The van der Waals surface area contributed by atoms with Crippen molar-refractivity contribution in [3.8, 4) is 28.7 Å². The highest BCUT2D eigenvalue weighted by molar-refractivity contribution is 6.25. The van der Waals surface area contributed by atoms with Crippen molar-refractivity contribution >= 4 is 29.3 Å². The second kappa shape index (κ2) is 16.7. The number of piperidine rings is 1. The van der Waals surface area contributed by atoms with E-state index in [4.69, 9.17) is 9.47 Å². The smallest absolute Gasteiger partial charge is 0.264 e. The van der Waals surface area contributed by atoms with Gasteiger partial charge in [-0.1, -0.05) is 60.7 Å². The molecular weight excluding hydrogens is 714 g/mol. The van der Waals surface area contributed by atoms with Gasteiger partial charge >= 0.3 is 0 Å². The number of carbonyl (C=O) groups is 4. The molecule has 2 heterocycles. The van der Waals surface area contributed by atoms with Crippen LogP contribution >= 0.6 is 0 Å². The van der Waals surface area contributed by atoms with E-state index in [0.29, 0.717) is 47.9 Å². The van der Waals surface area contributed by atoms with Gasteiger partial charge in [-0.25, -0.2) is 4.39 Å². The number of hydrogen-bond acceptors (Lipinski definition) is 9. The third-order valence-corrected chi connectivity index (χ3v) is 9.89. The zero-order chi connectivity index (χ0) is 39.2. The van der Waals surface area contributed by atoms with E-state index in [1.807, 2.05) is 61.5 Å². The first-order valence-electron chi connectivity index (χ1n) is 18.2. The fourth-order valence-electron chi connectivity index (χ4n) is 6.94. The number of ether oxygens (including phenoxy) is 2. The Bertz CT molecular complexity index is 2390. The van der Waals surface area contributed by atoms with Crippen LogP contribution in [0.15, 0.2) is 103 Å². The van der Waals surface area contributed by atoms with Gasteiger partial charge in [-0.2, -0.15) is 5.26 Å². The summed E-state index contributed by atoms with van der Waals surface area (Å²) in [6, 6.07) is 31.3. The summed E-state index contributed by atoms with van der Waals surface area (Å²) in [6.45, 7) is 3.73. The van der Waals surface area contributed by atoms with Gasteiger partial charge in [0, 0.05) is 48.9 Å². The molecule has 2 aliphatic rings. The maximum atomic E-state index is 14.6. The van der Waals surface area contributed by atoms with Crippen LogP contribution in [0.25, 0.3) is 11.1 Å². The van der Waals surface area contributed by atoms with Crippen molar-refractivity contribution in [2.45, 2.75) is 45.6 Å². The van der Waals surface area contributed by atoms with Crippen molar-refractivity contribution < 1.29 is 33.0 Å². The predicted molar refractivity (Wildman–Crippen MR) is 206 cm³/mol. The lowest BCUT2D eigenvalue weighted by Gasteiger charge is -2.27. The average Bonchev–Trinajstić information content (AvgIpc) is 3.46. The summed E-state index contributed by atoms with van der Waals surface area (Å²) in [5.41, 5.74) is 6.26. The van der Waals surface area contributed by atoms with Crippen LogP contribution in [0, 0.1) is 24.1 Å². The van der Waals surface area contributed by atoms with E-state index < -0.39 is 29.7 Å². The number of nitriles is 1.